The number of aromatic carboxylic acids is 1. The van der Waals surface area contributed by atoms with Crippen molar-refractivity contribution in [1.29, 1.82) is 0 Å². The summed E-state index contributed by atoms with van der Waals surface area (Å²) in [5.41, 5.74) is 4.63. The van der Waals surface area contributed by atoms with Crippen LogP contribution in [0.15, 0.2) is 48.0 Å². The molecule has 1 aliphatic heterocycles. The summed E-state index contributed by atoms with van der Waals surface area (Å²) in [6.07, 6.45) is 8.64. The minimum Gasteiger partial charge on any atom is -0.490 e. The summed E-state index contributed by atoms with van der Waals surface area (Å²) >= 11 is 6.39. The summed E-state index contributed by atoms with van der Waals surface area (Å²) in [5.74, 6) is 0.650. The second-order valence-electron chi connectivity index (χ2n) is 13.1. The van der Waals surface area contributed by atoms with E-state index >= 15 is 0 Å². The third kappa shape index (κ3) is 5.93. The molecule has 6 rings (SSSR count). The number of aryl methyl sites for hydroxylation is 1. The SMILES string of the molecule is CO[C@@H](C1=C[C@H](C[C@H](C)S(N)(=O)=O)C1)[C@@H]1CC[C@H]1CN1C[C@@]2(CCCc3cc(Cl)ccc32)COc2ccc(C(=O)O)cc21. The van der Waals surface area contributed by atoms with Gasteiger partial charge in [-0.05, 0) is 117 Å². The molecule has 0 unspecified atom stereocenters. The molecule has 232 valence electrons. The number of ether oxygens (including phenoxy) is 2. The van der Waals surface area contributed by atoms with E-state index in [2.05, 4.69) is 23.1 Å². The van der Waals surface area contributed by atoms with E-state index in [1.165, 1.54) is 16.7 Å². The monoisotopic (exact) mass is 628 g/mol. The first-order valence-corrected chi connectivity index (χ1v) is 17.2. The molecule has 1 spiro atoms. The van der Waals surface area contributed by atoms with E-state index < -0.39 is 21.2 Å². The van der Waals surface area contributed by atoms with Gasteiger partial charge in [0.05, 0.1) is 29.2 Å². The van der Waals surface area contributed by atoms with Crippen molar-refractivity contribution < 1.29 is 27.8 Å². The maximum Gasteiger partial charge on any atom is 0.335 e. The first-order chi connectivity index (χ1) is 20.5. The van der Waals surface area contributed by atoms with Crippen LogP contribution in [0.25, 0.3) is 0 Å². The molecule has 0 aromatic heterocycles. The zero-order valence-electron chi connectivity index (χ0n) is 24.8. The van der Waals surface area contributed by atoms with Gasteiger partial charge in [0.25, 0.3) is 0 Å². The van der Waals surface area contributed by atoms with Crippen molar-refractivity contribution in [2.75, 3.05) is 31.7 Å². The van der Waals surface area contributed by atoms with Crippen LogP contribution in [0.2, 0.25) is 5.02 Å². The van der Waals surface area contributed by atoms with E-state index in [1.54, 1.807) is 32.2 Å². The summed E-state index contributed by atoms with van der Waals surface area (Å²) in [4.78, 5) is 14.3. The smallest absolute Gasteiger partial charge is 0.335 e. The second-order valence-corrected chi connectivity index (χ2v) is 15.5. The van der Waals surface area contributed by atoms with E-state index in [0.717, 1.165) is 68.1 Å². The Kier molecular flexibility index (Phi) is 8.30. The fourth-order valence-electron chi connectivity index (χ4n) is 7.85. The van der Waals surface area contributed by atoms with Gasteiger partial charge in [-0.15, -0.1) is 0 Å². The average Bonchev–Trinajstić information content (AvgIpc) is 3.07. The lowest BCUT2D eigenvalue weighted by Gasteiger charge is -2.48. The van der Waals surface area contributed by atoms with Crippen LogP contribution in [0.4, 0.5) is 5.69 Å². The van der Waals surface area contributed by atoms with Gasteiger partial charge in [-0.3, -0.25) is 0 Å². The number of anilines is 1. The van der Waals surface area contributed by atoms with Crippen LogP contribution in [0.1, 0.15) is 66.9 Å². The fraction of sp³-hybridized carbons (Fsp3) is 0.545. The highest BCUT2D eigenvalue weighted by Gasteiger charge is 2.46. The maximum absolute atomic E-state index is 12.0. The molecule has 0 saturated heterocycles. The number of benzene rings is 2. The number of carbonyl (C=O) groups is 1. The van der Waals surface area contributed by atoms with Crippen LogP contribution in [0, 0.1) is 17.8 Å². The van der Waals surface area contributed by atoms with Crippen LogP contribution in [-0.2, 0) is 26.6 Å². The third-order valence-corrected chi connectivity index (χ3v) is 11.9. The van der Waals surface area contributed by atoms with Crippen molar-refractivity contribution in [2.45, 2.75) is 68.6 Å². The first kappa shape index (κ1) is 30.4. The zero-order chi connectivity index (χ0) is 30.5. The van der Waals surface area contributed by atoms with Gasteiger partial charge in [0.1, 0.15) is 5.75 Å². The lowest BCUT2D eigenvalue weighted by molar-refractivity contribution is 0.000417. The molecule has 0 radical (unpaired) electrons. The van der Waals surface area contributed by atoms with Gasteiger partial charge >= 0.3 is 5.97 Å². The Hall–Kier alpha value is -2.59. The van der Waals surface area contributed by atoms with Gasteiger partial charge in [0, 0.05) is 30.6 Å². The second kappa shape index (κ2) is 11.7. The van der Waals surface area contributed by atoms with Crippen LogP contribution in [0.5, 0.6) is 5.75 Å². The lowest BCUT2D eigenvalue weighted by atomic mass is 9.65. The number of nitrogens with zero attached hydrogens (tertiary/aromatic N) is 1. The molecule has 2 aromatic rings. The summed E-state index contributed by atoms with van der Waals surface area (Å²) in [5, 5.41) is 15.3. The van der Waals surface area contributed by atoms with Gasteiger partial charge in [-0.1, -0.05) is 23.7 Å². The molecule has 6 atom stereocenters. The van der Waals surface area contributed by atoms with Crippen LogP contribution >= 0.6 is 11.6 Å². The Bertz CT molecular complexity index is 1540. The number of rotatable bonds is 9. The summed E-state index contributed by atoms with van der Waals surface area (Å²) in [6, 6.07) is 11.4. The molecule has 10 heteroatoms. The number of nitrogens with two attached hydrogens (primary N) is 1. The fourth-order valence-corrected chi connectivity index (χ4v) is 8.56. The minimum absolute atomic E-state index is 0.0145. The maximum atomic E-state index is 12.0. The molecular formula is C33H41ClN2O6S. The molecule has 1 saturated carbocycles. The van der Waals surface area contributed by atoms with Gasteiger partial charge in [-0.2, -0.15) is 0 Å². The van der Waals surface area contributed by atoms with E-state index in [-0.39, 0.29) is 23.0 Å². The third-order valence-electron chi connectivity index (χ3n) is 10.4. The number of halogens is 1. The van der Waals surface area contributed by atoms with Gasteiger partial charge < -0.3 is 19.5 Å². The summed E-state index contributed by atoms with van der Waals surface area (Å²) in [6.45, 7) is 3.70. The van der Waals surface area contributed by atoms with Crippen LogP contribution < -0.4 is 14.8 Å². The van der Waals surface area contributed by atoms with E-state index in [0.29, 0.717) is 24.9 Å². The quantitative estimate of drug-likeness (QED) is 0.349. The van der Waals surface area contributed by atoms with Gasteiger partial charge in [0.15, 0.2) is 0 Å². The number of allylic oxidation sites excluding steroid dienone is 1. The predicted molar refractivity (Wildman–Crippen MR) is 168 cm³/mol. The molecular weight excluding hydrogens is 588 g/mol. The molecule has 4 aliphatic rings. The van der Waals surface area contributed by atoms with Crippen molar-refractivity contribution in [1.82, 2.24) is 0 Å². The Balaban J connectivity index is 1.26. The Labute approximate surface area is 259 Å². The molecule has 1 fully saturated rings. The number of hydrogen-bond acceptors (Lipinski definition) is 6. The van der Waals surface area contributed by atoms with Crippen molar-refractivity contribution >= 4 is 33.3 Å². The average molecular weight is 629 g/mol. The van der Waals surface area contributed by atoms with Crippen molar-refractivity contribution in [3.63, 3.8) is 0 Å². The molecule has 0 bridgehead atoms. The largest absolute Gasteiger partial charge is 0.490 e. The Morgan fingerprint density at radius 3 is 2.72 bits per heavy atom. The Morgan fingerprint density at radius 1 is 1.26 bits per heavy atom. The summed E-state index contributed by atoms with van der Waals surface area (Å²) < 4.78 is 36.0. The molecule has 0 amide bonds. The molecule has 3 N–H and O–H groups in total. The highest BCUT2D eigenvalue weighted by atomic mass is 35.5. The minimum atomic E-state index is -3.54. The molecule has 8 nitrogen and oxygen atoms in total. The molecule has 2 aromatic carbocycles. The number of carboxylic acids is 1. The topological polar surface area (TPSA) is 119 Å². The van der Waals surface area contributed by atoms with Crippen LogP contribution in [-0.4, -0.2) is 57.7 Å². The van der Waals surface area contributed by atoms with Crippen molar-refractivity contribution in [3.05, 3.63) is 69.8 Å². The number of sulfonamides is 1. The first-order valence-electron chi connectivity index (χ1n) is 15.3. The Morgan fingerprint density at radius 2 is 2.05 bits per heavy atom. The molecule has 1 heterocycles. The van der Waals surface area contributed by atoms with Crippen molar-refractivity contribution in [3.8, 4) is 5.75 Å². The molecule has 3 aliphatic carbocycles. The number of carboxylic acid groups (broad SMARTS) is 1. The predicted octanol–water partition coefficient (Wildman–Crippen LogP) is 5.57. The lowest BCUT2D eigenvalue weighted by Crippen LogP contribution is -2.50. The van der Waals surface area contributed by atoms with Crippen LogP contribution in [0.3, 0.4) is 0 Å². The van der Waals surface area contributed by atoms with E-state index in [9.17, 15) is 18.3 Å². The zero-order valence-corrected chi connectivity index (χ0v) is 26.4. The normalized spacial score (nSPS) is 27.9. The number of fused-ring (bicyclic) bond motifs is 3. The van der Waals surface area contributed by atoms with Gasteiger partial charge in [-0.25, -0.2) is 18.4 Å². The van der Waals surface area contributed by atoms with Crippen molar-refractivity contribution in [2.24, 2.45) is 22.9 Å². The number of hydrogen-bond donors (Lipinski definition) is 2. The highest BCUT2D eigenvalue weighted by Crippen LogP contribution is 2.48. The number of primary sulfonamides is 1. The van der Waals surface area contributed by atoms with E-state index in [4.69, 9.17) is 26.2 Å². The molecule has 43 heavy (non-hydrogen) atoms. The highest BCUT2D eigenvalue weighted by molar-refractivity contribution is 7.89. The number of methoxy groups -OCH3 is 1. The standard InChI is InChI=1S/C33H41ClN2O6S/c1-20(43(35,39)40)12-21-13-25(14-21)31(41-2)27-8-5-24(27)17-36-18-33(11-3-4-22-15-26(34)7-9-28(22)33)19-42-30-10-6-23(32(37)38)16-29(30)36/h6-7,9-10,13,15-16,20-21,24,27,31H,3-5,8,11-12,14,17-19H2,1-2H3,(H,37,38)(H2,35,39,40)/t20-,21-,24-,27+,31-,33-/m0/s1. The van der Waals surface area contributed by atoms with Gasteiger partial charge in [0.2, 0.25) is 10.0 Å². The van der Waals surface area contributed by atoms with E-state index in [1.807, 2.05) is 6.07 Å². The summed E-state index contributed by atoms with van der Waals surface area (Å²) in [7, 11) is -1.78.